The molecule has 1 aromatic carbocycles. The van der Waals surface area contributed by atoms with Crippen LogP contribution in [0.5, 0.6) is 5.75 Å². The van der Waals surface area contributed by atoms with Crippen LogP contribution in [-0.4, -0.2) is 67.4 Å². The molecule has 0 unspecified atom stereocenters. The number of amides is 2. The van der Waals surface area contributed by atoms with Gasteiger partial charge >= 0.3 is 0 Å². The first kappa shape index (κ1) is 20.9. The van der Waals surface area contributed by atoms with Crippen LogP contribution in [0.1, 0.15) is 12.0 Å². The smallest absolute Gasteiger partial charge is 0.245 e. The van der Waals surface area contributed by atoms with Gasteiger partial charge in [-0.15, -0.1) is 11.3 Å². The van der Waals surface area contributed by atoms with Gasteiger partial charge in [0.2, 0.25) is 11.8 Å². The second-order valence-corrected chi connectivity index (χ2v) is 7.28. The largest absolute Gasteiger partial charge is 0.497 e. The second-order valence-electron chi connectivity index (χ2n) is 6.38. The molecule has 0 saturated carbocycles. The SMILES string of the molecule is COc1ccc(CC(=O)N(CCCN(C)C)CC(=O)Nc2nccs2)cc1. The number of benzene rings is 1. The number of nitrogens with one attached hydrogen (secondary N) is 1. The Labute approximate surface area is 164 Å². The lowest BCUT2D eigenvalue weighted by Gasteiger charge is -2.23. The molecule has 0 radical (unpaired) electrons. The van der Waals surface area contributed by atoms with E-state index in [2.05, 4.69) is 15.2 Å². The van der Waals surface area contributed by atoms with Crippen molar-refractivity contribution < 1.29 is 14.3 Å². The number of nitrogens with zero attached hydrogens (tertiary/aromatic N) is 3. The Balaban J connectivity index is 1.97. The fraction of sp³-hybridized carbons (Fsp3) is 0.421. The molecule has 0 bridgehead atoms. The summed E-state index contributed by atoms with van der Waals surface area (Å²) >= 11 is 1.35. The van der Waals surface area contributed by atoms with Gasteiger partial charge in [0, 0.05) is 18.1 Å². The lowest BCUT2D eigenvalue weighted by Crippen LogP contribution is -2.40. The predicted molar refractivity (Wildman–Crippen MR) is 107 cm³/mol. The third kappa shape index (κ3) is 7.36. The van der Waals surface area contributed by atoms with Crippen LogP contribution >= 0.6 is 11.3 Å². The zero-order valence-corrected chi connectivity index (χ0v) is 16.8. The summed E-state index contributed by atoms with van der Waals surface area (Å²) in [5.74, 6) is 0.433. The minimum atomic E-state index is -0.238. The highest BCUT2D eigenvalue weighted by atomic mass is 32.1. The van der Waals surface area contributed by atoms with E-state index in [1.807, 2.05) is 38.4 Å². The summed E-state index contributed by atoms with van der Waals surface area (Å²) in [6.45, 7) is 1.39. The number of anilines is 1. The van der Waals surface area contributed by atoms with E-state index in [1.54, 1.807) is 23.6 Å². The maximum atomic E-state index is 12.8. The standard InChI is InChI=1S/C19H26N4O3S/c1-22(2)10-4-11-23(14-17(24)21-19-20-9-12-27-19)18(25)13-15-5-7-16(26-3)8-6-15/h5-9,12H,4,10-11,13-14H2,1-3H3,(H,20,21,24). The van der Waals surface area contributed by atoms with Gasteiger partial charge in [0.05, 0.1) is 20.1 Å². The van der Waals surface area contributed by atoms with Gasteiger partial charge in [-0.1, -0.05) is 12.1 Å². The molecule has 0 aliphatic heterocycles. The molecule has 2 amide bonds. The Hall–Kier alpha value is -2.45. The van der Waals surface area contributed by atoms with Crippen molar-refractivity contribution in [1.82, 2.24) is 14.8 Å². The molecule has 0 spiro atoms. The summed E-state index contributed by atoms with van der Waals surface area (Å²) in [5, 5.41) is 5.06. The van der Waals surface area contributed by atoms with Crippen LogP contribution in [-0.2, 0) is 16.0 Å². The number of methoxy groups -OCH3 is 1. The first-order valence-corrected chi connectivity index (χ1v) is 9.60. The van der Waals surface area contributed by atoms with Crippen LogP contribution < -0.4 is 10.1 Å². The molecule has 27 heavy (non-hydrogen) atoms. The molecule has 1 heterocycles. The van der Waals surface area contributed by atoms with Gasteiger partial charge in [0.1, 0.15) is 5.75 Å². The van der Waals surface area contributed by atoms with Crippen LogP contribution in [0, 0.1) is 0 Å². The van der Waals surface area contributed by atoms with Crippen LogP contribution in [0.2, 0.25) is 0 Å². The fourth-order valence-corrected chi connectivity index (χ4v) is 3.06. The van der Waals surface area contributed by atoms with Gasteiger partial charge in [-0.25, -0.2) is 4.98 Å². The Morgan fingerprint density at radius 3 is 2.52 bits per heavy atom. The van der Waals surface area contributed by atoms with E-state index in [-0.39, 0.29) is 24.8 Å². The van der Waals surface area contributed by atoms with Gasteiger partial charge in [-0.2, -0.15) is 0 Å². The average Bonchev–Trinajstić information content (AvgIpc) is 3.14. The molecule has 1 aromatic heterocycles. The van der Waals surface area contributed by atoms with Crippen molar-refractivity contribution in [3.8, 4) is 5.75 Å². The zero-order valence-electron chi connectivity index (χ0n) is 16.0. The lowest BCUT2D eigenvalue weighted by molar-refractivity contribution is -0.134. The maximum Gasteiger partial charge on any atom is 0.245 e. The molecule has 0 fully saturated rings. The van der Waals surface area contributed by atoms with Crippen LogP contribution in [0.4, 0.5) is 5.13 Å². The van der Waals surface area contributed by atoms with E-state index in [1.165, 1.54) is 11.3 Å². The highest BCUT2D eigenvalue weighted by Crippen LogP contribution is 2.13. The number of hydrogen-bond acceptors (Lipinski definition) is 6. The third-order valence-corrected chi connectivity index (χ3v) is 4.60. The Morgan fingerprint density at radius 1 is 1.19 bits per heavy atom. The van der Waals surface area contributed by atoms with Crippen LogP contribution in [0.25, 0.3) is 0 Å². The van der Waals surface area contributed by atoms with Gasteiger partial charge in [-0.05, 0) is 44.8 Å². The van der Waals surface area contributed by atoms with E-state index in [0.29, 0.717) is 11.7 Å². The lowest BCUT2D eigenvalue weighted by atomic mass is 10.1. The topological polar surface area (TPSA) is 74.8 Å². The molecule has 7 nitrogen and oxygen atoms in total. The Kier molecular flexibility index (Phi) is 8.22. The molecular weight excluding hydrogens is 364 g/mol. The summed E-state index contributed by atoms with van der Waals surface area (Å²) in [7, 11) is 5.57. The van der Waals surface area contributed by atoms with Crippen molar-refractivity contribution >= 4 is 28.3 Å². The van der Waals surface area contributed by atoms with Crippen molar-refractivity contribution in [3.05, 3.63) is 41.4 Å². The van der Waals surface area contributed by atoms with Gasteiger partial charge in [0.15, 0.2) is 5.13 Å². The second kappa shape index (κ2) is 10.6. The number of carbonyl (C=O) groups excluding carboxylic acids is 2. The number of ether oxygens (including phenoxy) is 1. The normalized spacial score (nSPS) is 10.7. The molecule has 0 aliphatic rings. The first-order valence-electron chi connectivity index (χ1n) is 8.72. The number of carbonyl (C=O) groups is 2. The van der Waals surface area contributed by atoms with Crippen molar-refractivity contribution in [1.29, 1.82) is 0 Å². The molecule has 2 aromatic rings. The highest BCUT2D eigenvalue weighted by Gasteiger charge is 2.18. The van der Waals surface area contributed by atoms with Crippen molar-refractivity contribution in [2.24, 2.45) is 0 Å². The molecule has 1 N–H and O–H groups in total. The van der Waals surface area contributed by atoms with Crippen molar-refractivity contribution in [2.75, 3.05) is 46.2 Å². The predicted octanol–water partition coefficient (Wildman–Crippen LogP) is 2.11. The molecule has 146 valence electrons. The molecular formula is C19H26N4O3S. The summed E-state index contributed by atoms with van der Waals surface area (Å²) in [6.07, 6.45) is 2.67. The Morgan fingerprint density at radius 2 is 1.93 bits per heavy atom. The average molecular weight is 391 g/mol. The summed E-state index contributed by atoms with van der Waals surface area (Å²) < 4.78 is 5.14. The Bertz CT molecular complexity index is 717. The quantitative estimate of drug-likeness (QED) is 0.673. The van der Waals surface area contributed by atoms with Crippen molar-refractivity contribution in [2.45, 2.75) is 12.8 Å². The maximum absolute atomic E-state index is 12.8. The highest BCUT2D eigenvalue weighted by molar-refractivity contribution is 7.13. The van der Waals surface area contributed by atoms with Crippen LogP contribution in [0.15, 0.2) is 35.8 Å². The summed E-state index contributed by atoms with van der Waals surface area (Å²) in [4.78, 5) is 32.8. The summed E-state index contributed by atoms with van der Waals surface area (Å²) in [6, 6.07) is 7.39. The third-order valence-electron chi connectivity index (χ3n) is 3.91. The minimum Gasteiger partial charge on any atom is -0.497 e. The van der Waals surface area contributed by atoms with E-state index >= 15 is 0 Å². The fourth-order valence-electron chi connectivity index (χ4n) is 2.52. The molecule has 0 aliphatic carbocycles. The van der Waals surface area contributed by atoms with E-state index in [4.69, 9.17) is 4.74 Å². The minimum absolute atomic E-state index is 0.0159. The van der Waals surface area contributed by atoms with E-state index in [9.17, 15) is 9.59 Å². The summed E-state index contributed by atoms with van der Waals surface area (Å²) in [5.41, 5.74) is 0.888. The molecule has 8 heteroatoms. The zero-order chi connectivity index (χ0) is 19.6. The van der Waals surface area contributed by atoms with Crippen LogP contribution in [0.3, 0.4) is 0 Å². The monoisotopic (exact) mass is 390 g/mol. The molecule has 0 atom stereocenters. The van der Waals surface area contributed by atoms with Crippen molar-refractivity contribution in [3.63, 3.8) is 0 Å². The molecule has 0 saturated heterocycles. The number of rotatable bonds is 10. The molecule has 2 rings (SSSR count). The number of hydrogen-bond donors (Lipinski definition) is 1. The number of thiazole rings is 1. The van der Waals surface area contributed by atoms with Gasteiger partial charge in [0.25, 0.3) is 0 Å². The van der Waals surface area contributed by atoms with E-state index < -0.39 is 0 Å². The number of aromatic nitrogens is 1. The first-order chi connectivity index (χ1) is 13.0. The van der Waals surface area contributed by atoms with E-state index in [0.717, 1.165) is 24.3 Å². The van der Waals surface area contributed by atoms with Gasteiger partial charge in [-0.3, -0.25) is 9.59 Å². The van der Waals surface area contributed by atoms with Gasteiger partial charge < -0.3 is 19.9 Å².